The molecule has 0 saturated heterocycles. The number of hydrogen-bond donors (Lipinski definition) is 0. The van der Waals surface area contributed by atoms with E-state index in [4.69, 9.17) is 0 Å². The molecule has 0 fully saturated rings. The molecule has 4 heteroatoms. The second-order valence-corrected chi connectivity index (χ2v) is 1.94. The number of ether oxygens (including phenoxy) is 1. The lowest BCUT2D eigenvalue weighted by molar-refractivity contribution is -0.0930. The van der Waals surface area contributed by atoms with Gasteiger partial charge in [0, 0.05) is 0 Å². The number of alkyl halides is 3. The molecule has 0 bridgehead atoms. The van der Waals surface area contributed by atoms with E-state index in [9.17, 15) is 13.2 Å². The number of halogens is 3. The highest BCUT2D eigenvalue weighted by molar-refractivity contribution is 5.30. The first-order chi connectivity index (χ1) is 5.43. The van der Waals surface area contributed by atoms with E-state index in [1.807, 2.05) is 0 Å². The first-order valence-electron chi connectivity index (χ1n) is 3.06. The Kier molecular flexibility index (Phi) is 3.60. The molecule has 0 atom stereocenters. The van der Waals surface area contributed by atoms with Gasteiger partial charge in [-0.25, -0.2) is 0 Å². The van der Waals surface area contributed by atoms with Crippen LogP contribution in [0.4, 0.5) is 13.2 Å². The van der Waals surface area contributed by atoms with Crippen LogP contribution in [-0.4, -0.2) is 13.3 Å². The van der Waals surface area contributed by atoms with E-state index in [-0.39, 0.29) is 0 Å². The topological polar surface area (TPSA) is 9.23 Å². The molecule has 0 rings (SSSR count). The van der Waals surface area contributed by atoms with Crippen LogP contribution in [0.3, 0.4) is 0 Å². The molecule has 1 nitrogen and oxygen atoms in total. The summed E-state index contributed by atoms with van der Waals surface area (Å²) in [5.41, 5.74) is -0.917. The molecule has 68 valence electrons. The van der Waals surface area contributed by atoms with Gasteiger partial charge in [-0.1, -0.05) is 19.2 Å². The van der Waals surface area contributed by atoms with Crippen molar-refractivity contribution in [2.45, 2.75) is 6.18 Å². The summed E-state index contributed by atoms with van der Waals surface area (Å²) >= 11 is 0. The van der Waals surface area contributed by atoms with E-state index in [1.165, 1.54) is 0 Å². The van der Waals surface area contributed by atoms with Gasteiger partial charge in [0.25, 0.3) is 0 Å². The maximum absolute atomic E-state index is 12.1. The number of methoxy groups -OCH3 is 1. The minimum absolute atomic E-state index is 0.414. The van der Waals surface area contributed by atoms with Crippen molar-refractivity contribution in [2.24, 2.45) is 0 Å². The molecule has 0 N–H and O–H groups in total. The number of rotatable bonds is 3. The van der Waals surface area contributed by atoms with Crippen LogP contribution >= 0.6 is 0 Å². The molecule has 0 aliphatic carbocycles. The summed E-state index contributed by atoms with van der Waals surface area (Å²) in [5, 5.41) is 0. The molecule has 0 radical (unpaired) electrons. The van der Waals surface area contributed by atoms with Crippen LogP contribution in [0.2, 0.25) is 0 Å². The smallest absolute Gasteiger partial charge is 0.419 e. The zero-order valence-electron chi connectivity index (χ0n) is 6.61. The minimum Gasteiger partial charge on any atom is -0.497 e. The maximum atomic E-state index is 12.1. The summed E-state index contributed by atoms with van der Waals surface area (Å²) in [6, 6.07) is 0. The van der Waals surface area contributed by atoms with Crippen molar-refractivity contribution in [2.75, 3.05) is 7.11 Å². The predicted octanol–water partition coefficient (Wildman–Crippen LogP) is 2.82. The van der Waals surface area contributed by atoms with E-state index < -0.39 is 17.5 Å². The SMILES string of the molecule is C=C/C=C(\C(=C)OC)C(F)(F)F. The second-order valence-electron chi connectivity index (χ2n) is 1.94. The van der Waals surface area contributed by atoms with Crippen LogP contribution in [0.25, 0.3) is 0 Å². The van der Waals surface area contributed by atoms with Crippen molar-refractivity contribution in [3.63, 3.8) is 0 Å². The predicted molar refractivity (Wildman–Crippen MR) is 40.5 cm³/mol. The van der Waals surface area contributed by atoms with Crippen molar-refractivity contribution in [1.82, 2.24) is 0 Å². The monoisotopic (exact) mass is 178 g/mol. The van der Waals surface area contributed by atoms with Crippen molar-refractivity contribution in [3.05, 3.63) is 36.6 Å². The van der Waals surface area contributed by atoms with Gasteiger partial charge in [0.05, 0.1) is 12.7 Å². The van der Waals surface area contributed by atoms with Crippen molar-refractivity contribution in [1.29, 1.82) is 0 Å². The van der Waals surface area contributed by atoms with Gasteiger partial charge in [0.2, 0.25) is 0 Å². The summed E-state index contributed by atoms with van der Waals surface area (Å²) in [6.07, 6.45) is -2.60. The van der Waals surface area contributed by atoms with Gasteiger partial charge in [0.15, 0.2) is 0 Å². The van der Waals surface area contributed by atoms with Crippen LogP contribution in [0, 0.1) is 0 Å². The summed E-state index contributed by atoms with van der Waals surface area (Å²) in [6.45, 7) is 6.26. The summed E-state index contributed by atoms with van der Waals surface area (Å²) < 4.78 is 40.6. The van der Waals surface area contributed by atoms with Crippen LogP contribution in [0.5, 0.6) is 0 Å². The Morgan fingerprint density at radius 2 is 1.92 bits per heavy atom. The van der Waals surface area contributed by atoms with Crippen molar-refractivity contribution >= 4 is 0 Å². The Labute approximate surface area is 68.8 Å². The number of hydrogen-bond acceptors (Lipinski definition) is 1. The summed E-state index contributed by atoms with van der Waals surface area (Å²) in [7, 11) is 1.13. The Balaban J connectivity index is 4.81. The summed E-state index contributed by atoms with van der Waals surface area (Å²) in [4.78, 5) is 0. The Morgan fingerprint density at radius 1 is 1.42 bits per heavy atom. The van der Waals surface area contributed by atoms with Crippen molar-refractivity contribution < 1.29 is 17.9 Å². The standard InChI is InChI=1S/C8H9F3O/c1-4-5-7(6(2)12-3)8(9,10)11/h4-5H,1-2H2,3H3/b7-5+. The van der Waals surface area contributed by atoms with E-state index in [0.717, 1.165) is 19.3 Å². The zero-order valence-corrected chi connectivity index (χ0v) is 6.61. The first-order valence-corrected chi connectivity index (χ1v) is 3.06. The normalized spacial score (nSPS) is 12.5. The van der Waals surface area contributed by atoms with E-state index >= 15 is 0 Å². The molecule has 0 aromatic carbocycles. The number of allylic oxidation sites excluding steroid dienone is 3. The molecular formula is C8H9F3O. The first kappa shape index (κ1) is 10.8. The van der Waals surface area contributed by atoms with Crippen LogP contribution in [0.1, 0.15) is 0 Å². The van der Waals surface area contributed by atoms with Gasteiger partial charge in [0.1, 0.15) is 5.76 Å². The molecular weight excluding hydrogens is 169 g/mol. The summed E-state index contributed by atoms with van der Waals surface area (Å²) in [5.74, 6) is -0.414. The molecule has 0 aromatic rings. The highest BCUT2D eigenvalue weighted by Gasteiger charge is 2.35. The molecule has 0 saturated carbocycles. The third kappa shape index (κ3) is 2.82. The largest absolute Gasteiger partial charge is 0.497 e. The Bertz CT molecular complexity index is 213. The van der Waals surface area contributed by atoms with E-state index in [0.29, 0.717) is 0 Å². The molecule has 0 heterocycles. The quantitative estimate of drug-likeness (QED) is 0.477. The fourth-order valence-corrected chi connectivity index (χ4v) is 0.573. The van der Waals surface area contributed by atoms with E-state index in [2.05, 4.69) is 17.9 Å². The lowest BCUT2D eigenvalue weighted by atomic mass is 10.2. The van der Waals surface area contributed by atoms with Crippen LogP contribution in [0.15, 0.2) is 36.6 Å². The Hall–Kier alpha value is -1.19. The van der Waals surface area contributed by atoms with E-state index in [1.54, 1.807) is 0 Å². The fraction of sp³-hybridized carbons (Fsp3) is 0.250. The maximum Gasteiger partial charge on any atom is 0.419 e. The minimum atomic E-state index is -4.44. The lowest BCUT2D eigenvalue weighted by Crippen LogP contribution is -2.14. The molecule has 0 spiro atoms. The second kappa shape index (κ2) is 3.99. The highest BCUT2D eigenvalue weighted by atomic mass is 19.4. The molecule has 0 aromatic heterocycles. The zero-order chi connectivity index (χ0) is 9.78. The lowest BCUT2D eigenvalue weighted by Gasteiger charge is -2.11. The molecule has 0 aliphatic rings. The van der Waals surface area contributed by atoms with Gasteiger partial charge in [-0.2, -0.15) is 13.2 Å². The molecule has 12 heavy (non-hydrogen) atoms. The molecule has 0 unspecified atom stereocenters. The van der Waals surface area contributed by atoms with Crippen LogP contribution < -0.4 is 0 Å². The van der Waals surface area contributed by atoms with Gasteiger partial charge in [-0.05, 0) is 6.08 Å². The van der Waals surface area contributed by atoms with Gasteiger partial charge in [-0.15, -0.1) is 0 Å². The third-order valence-corrected chi connectivity index (χ3v) is 1.14. The van der Waals surface area contributed by atoms with Gasteiger partial charge >= 0.3 is 6.18 Å². The average Bonchev–Trinajstić information content (AvgIpc) is 1.96. The van der Waals surface area contributed by atoms with Gasteiger partial charge < -0.3 is 4.74 Å². The fourth-order valence-electron chi connectivity index (χ4n) is 0.573. The molecule has 0 amide bonds. The third-order valence-electron chi connectivity index (χ3n) is 1.14. The highest BCUT2D eigenvalue weighted by Crippen LogP contribution is 2.30. The average molecular weight is 178 g/mol. The van der Waals surface area contributed by atoms with Crippen LogP contribution in [-0.2, 0) is 4.74 Å². The molecule has 0 aliphatic heterocycles. The van der Waals surface area contributed by atoms with Gasteiger partial charge in [-0.3, -0.25) is 0 Å². The Morgan fingerprint density at radius 3 is 2.17 bits per heavy atom. The van der Waals surface area contributed by atoms with Crippen molar-refractivity contribution in [3.8, 4) is 0 Å².